The normalized spacial score (nSPS) is 10.7. The summed E-state index contributed by atoms with van der Waals surface area (Å²) in [6.45, 7) is 12.3. The molecule has 0 heterocycles. The zero-order valence-electron chi connectivity index (χ0n) is 25.3. The van der Waals surface area contributed by atoms with E-state index in [2.05, 4.69) is 85.6 Å². The smallest absolute Gasteiger partial charge is 0.338 e. The first-order valence-corrected chi connectivity index (χ1v) is 14.2. The first kappa shape index (κ1) is 31.0. The standard InChI is InChI=1S/C37H38N2O4/c1-26(2)36(40)42-34-20-12-30(13-21-34)28-8-16-32(17-9-28)39(25-7-24-38(5)6)33-18-10-29(11-19-33)31-14-22-35(23-15-31)43-37(41)27(3)4/h8-23H,1,3,7,24-25H2,2,4-6H3. The summed E-state index contributed by atoms with van der Waals surface area (Å²) in [7, 11) is 4.17. The predicted octanol–water partition coefficient (Wildman–Crippen LogP) is 8.07. The summed E-state index contributed by atoms with van der Waals surface area (Å²) < 4.78 is 10.6. The Bertz CT molecular complexity index is 1460. The highest BCUT2D eigenvalue weighted by atomic mass is 16.5. The average Bonchev–Trinajstić information content (AvgIpc) is 3.00. The molecule has 6 nitrogen and oxygen atoms in total. The van der Waals surface area contributed by atoms with Crippen molar-refractivity contribution in [1.82, 2.24) is 4.90 Å². The van der Waals surface area contributed by atoms with Gasteiger partial charge in [-0.25, -0.2) is 9.59 Å². The Kier molecular flexibility index (Phi) is 10.3. The minimum absolute atomic E-state index is 0.363. The van der Waals surface area contributed by atoms with Crippen LogP contribution in [0.1, 0.15) is 20.3 Å². The molecule has 0 aliphatic heterocycles. The van der Waals surface area contributed by atoms with Gasteiger partial charge < -0.3 is 19.3 Å². The summed E-state index contributed by atoms with van der Waals surface area (Å²) >= 11 is 0. The fourth-order valence-electron chi connectivity index (χ4n) is 4.44. The van der Waals surface area contributed by atoms with Crippen LogP contribution in [0.4, 0.5) is 11.4 Å². The van der Waals surface area contributed by atoms with Crippen LogP contribution in [0.5, 0.6) is 11.5 Å². The predicted molar refractivity (Wildman–Crippen MR) is 175 cm³/mol. The van der Waals surface area contributed by atoms with E-state index in [1.165, 1.54) is 0 Å². The number of ether oxygens (including phenoxy) is 2. The van der Waals surface area contributed by atoms with Crippen LogP contribution >= 0.6 is 0 Å². The van der Waals surface area contributed by atoms with Crippen LogP contribution < -0.4 is 14.4 Å². The lowest BCUT2D eigenvalue weighted by atomic mass is 10.0. The molecule has 43 heavy (non-hydrogen) atoms. The van der Waals surface area contributed by atoms with Gasteiger partial charge in [0.25, 0.3) is 0 Å². The number of benzene rings is 4. The first-order valence-electron chi connectivity index (χ1n) is 14.2. The maximum Gasteiger partial charge on any atom is 0.338 e. The van der Waals surface area contributed by atoms with Gasteiger partial charge in [-0.1, -0.05) is 61.7 Å². The van der Waals surface area contributed by atoms with Gasteiger partial charge in [-0.15, -0.1) is 0 Å². The van der Waals surface area contributed by atoms with Crippen molar-refractivity contribution >= 4 is 23.3 Å². The second-order valence-corrected chi connectivity index (χ2v) is 10.8. The Labute approximate surface area is 254 Å². The molecule has 6 heteroatoms. The van der Waals surface area contributed by atoms with Crippen molar-refractivity contribution in [3.8, 4) is 33.8 Å². The highest BCUT2D eigenvalue weighted by molar-refractivity contribution is 5.89. The van der Waals surface area contributed by atoms with Crippen molar-refractivity contribution in [2.45, 2.75) is 20.3 Å². The maximum atomic E-state index is 11.8. The van der Waals surface area contributed by atoms with Gasteiger partial charge in [-0.3, -0.25) is 0 Å². The van der Waals surface area contributed by atoms with Crippen LogP contribution in [-0.4, -0.2) is 44.0 Å². The van der Waals surface area contributed by atoms with Crippen molar-refractivity contribution in [2.24, 2.45) is 0 Å². The number of rotatable bonds is 12. The lowest BCUT2D eigenvalue weighted by molar-refractivity contribution is -0.130. The Morgan fingerprint density at radius 2 is 0.884 bits per heavy atom. The number of anilines is 2. The Hall–Kier alpha value is -4.94. The molecule has 0 radical (unpaired) electrons. The third kappa shape index (κ3) is 8.53. The van der Waals surface area contributed by atoms with Gasteiger partial charge in [0.05, 0.1) is 0 Å². The largest absolute Gasteiger partial charge is 0.423 e. The first-order chi connectivity index (χ1) is 20.6. The molecule has 0 amide bonds. The lowest BCUT2D eigenvalue weighted by Gasteiger charge is -2.26. The van der Waals surface area contributed by atoms with E-state index in [9.17, 15) is 9.59 Å². The zero-order valence-corrected chi connectivity index (χ0v) is 25.3. The third-order valence-corrected chi connectivity index (χ3v) is 6.84. The van der Waals surface area contributed by atoms with Gasteiger partial charge in [0.2, 0.25) is 0 Å². The minimum atomic E-state index is -0.431. The Morgan fingerprint density at radius 1 is 0.558 bits per heavy atom. The number of nitrogens with zero attached hydrogens (tertiary/aromatic N) is 2. The second-order valence-electron chi connectivity index (χ2n) is 10.8. The van der Waals surface area contributed by atoms with Crippen LogP contribution in [0, 0.1) is 0 Å². The minimum Gasteiger partial charge on any atom is -0.423 e. The summed E-state index contributed by atoms with van der Waals surface area (Å²) in [6, 6.07) is 31.9. The van der Waals surface area contributed by atoms with Crippen LogP contribution in [0.15, 0.2) is 121 Å². The summed E-state index contributed by atoms with van der Waals surface area (Å²) in [6.07, 6.45) is 1.01. The van der Waals surface area contributed by atoms with Crippen LogP contribution in [-0.2, 0) is 9.59 Å². The van der Waals surface area contributed by atoms with Gasteiger partial charge in [0.15, 0.2) is 0 Å². The highest BCUT2D eigenvalue weighted by Gasteiger charge is 2.12. The van der Waals surface area contributed by atoms with Crippen molar-refractivity contribution in [3.63, 3.8) is 0 Å². The maximum absolute atomic E-state index is 11.8. The van der Waals surface area contributed by atoms with E-state index in [1.807, 2.05) is 24.3 Å². The molecule has 0 atom stereocenters. The molecule has 4 rings (SSSR count). The molecule has 0 aliphatic carbocycles. The van der Waals surface area contributed by atoms with Crippen LogP contribution in [0.2, 0.25) is 0 Å². The molecular weight excluding hydrogens is 536 g/mol. The molecule has 0 unspecified atom stereocenters. The SMILES string of the molecule is C=C(C)C(=O)Oc1ccc(-c2ccc(N(CCCN(C)C)c3ccc(-c4ccc(OC(=O)C(=C)C)cc4)cc3)cc2)cc1. The fourth-order valence-corrected chi connectivity index (χ4v) is 4.44. The van der Waals surface area contributed by atoms with E-state index in [1.54, 1.807) is 38.1 Å². The zero-order chi connectivity index (χ0) is 30.9. The van der Waals surface area contributed by atoms with Crippen molar-refractivity contribution in [1.29, 1.82) is 0 Å². The monoisotopic (exact) mass is 574 g/mol. The Balaban J connectivity index is 1.51. The molecule has 0 bridgehead atoms. The highest BCUT2D eigenvalue weighted by Crippen LogP contribution is 2.32. The number of hydrogen-bond donors (Lipinski definition) is 0. The average molecular weight is 575 g/mol. The second kappa shape index (κ2) is 14.3. The van der Waals surface area contributed by atoms with E-state index >= 15 is 0 Å². The van der Waals surface area contributed by atoms with Crippen molar-refractivity contribution < 1.29 is 19.1 Å². The van der Waals surface area contributed by atoms with E-state index in [-0.39, 0.29) is 0 Å². The van der Waals surface area contributed by atoms with E-state index in [4.69, 9.17) is 9.47 Å². The summed E-state index contributed by atoms with van der Waals surface area (Å²) in [5.74, 6) is 0.120. The molecular formula is C37H38N2O4. The molecule has 0 saturated carbocycles. The van der Waals surface area contributed by atoms with Crippen LogP contribution in [0.3, 0.4) is 0 Å². The van der Waals surface area contributed by atoms with Crippen molar-refractivity contribution in [3.05, 3.63) is 121 Å². The number of carbonyl (C=O) groups is 2. The molecule has 0 aliphatic rings. The van der Waals surface area contributed by atoms with Crippen molar-refractivity contribution in [2.75, 3.05) is 32.1 Å². The van der Waals surface area contributed by atoms with Gasteiger partial charge in [0.1, 0.15) is 11.5 Å². The number of hydrogen-bond acceptors (Lipinski definition) is 6. The molecule has 0 N–H and O–H groups in total. The molecule has 4 aromatic rings. The quantitative estimate of drug-likeness (QED) is 0.0969. The summed E-state index contributed by atoms with van der Waals surface area (Å²) in [4.78, 5) is 28.1. The molecule has 220 valence electrons. The van der Waals surface area contributed by atoms with Gasteiger partial charge in [-0.2, -0.15) is 0 Å². The van der Waals surface area contributed by atoms with E-state index in [0.717, 1.165) is 53.1 Å². The Morgan fingerprint density at radius 3 is 1.19 bits per heavy atom. The fraction of sp³-hybridized carbons (Fsp3) is 0.189. The van der Waals surface area contributed by atoms with Gasteiger partial charge in [-0.05, 0) is 112 Å². The van der Waals surface area contributed by atoms with Gasteiger partial charge >= 0.3 is 11.9 Å². The molecule has 0 aromatic heterocycles. The molecule has 4 aromatic carbocycles. The molecule has 0 fully saturated rings. The summed E-state index contributed by atoms with van der Waals surface area (Å²) in [5, 5.41) is 0. The third-order valence-electron chi connectivity index (χ3n) is 6.84. The lowest BCUT2D eigenvalue weighted by Crippen LogP contribution is -2.23. The number of esters is 2. The topological polar surface area (TPSA) is 59.1 Å². The number of carbonyl (C=O) groups excluding carboxylic acids is 2. The van der Waals surface area contributed by atoms with E-state index < -0.39 is 11.9 Å². The van der Waals surface area contributed by atoms with Crippen LogP contribution in [0.25, 0.3) is 22.3 Å². The molecule has 0 saturated heterocycles. The van der Waals surface area contributed by atoms with Gasteiger partial charge in [0, 0.05) is 29.1 Å². The molecule has 0 spiro atoms. The summed E-state index contributed by atoms with van der Waals surface area (Å²) in [5.41, 5.74) is 7.14. The van der Waals surface area contributed by atoms with E-state index in [0.29, 0.717) is 22.6 Å².